The van der Waals surface area contributed by atoms with Crippen LogP contribution in [0.3, 0.4) is 0 Å². The van der Waals surface area contributed by atoms with Gasteiger partial charge in [-0.05, 0) is 105 Å². The van der Waals surface area contributed by atoms with E-state index < -0.39 is 6.10 Å². The summed E-state index contributed by atoms with van der Waals surface area (Å²) in [6.45, 7) is 1.36. The fourth-order valence-electron chi connectivity index (χ4n) is 8.13. The molecule has 1 aromatic rings. The van der Waals surface area contributed by atoms with Crippen LogP contribution in [0.15, 0.2) is 30.3 Å². The van der Waals surface area contributed by atoms with Crippen LogP contribution in [0, 0.1) is 29.1 Å². The second-order valence-electron chi connectivity index (χ2n) is 12.0. The summed E-state index contributed by atoms with van der Waals surface area (Å²) in [4.78, 5) is 12.5. The molecule has 0 aromatic heterocycles. The van der Waals surface area contributed by atoms with Crippen LogP contribution in [0.25, 0.3) is 0 Å². The van der Waals surface area contributed by atoms with Crippen molar-refractivity contribution in [3.05, 3.63) is 35.9 Å². The third kappa shape index (κ3) is 6.00. The molecule has 0 radical (unpaired) electrons. The Kier molecular flexibility index (Phi) is 7.42. The lowest BCUT2D eigenvalue weighted by Gasteiger charge is -2.57. The highest BCUT2D eigenvalue weighted by Gasteiger charge is 2.50. The Bertz CT molecular complexity index is 743. The second-order valence-corrected chi connectivity index (χ2v) is 12.0. The molecule has 5 aliphatic carbocycles. The van der Waals surface area contributed by atoms with Gasteiger partial charge in [0.1, 0.15) is 6.10 Å². The van der Waals surface area contributed by atoms with Gasteiger partial charge in [0.2, 0.25) is 5.91 Å². The third-order valence-corrected chi connectivity index (χ3v) is 9.33. The minimum absolute atomic E-state index is 0.160. The van der Waals surface area contributed by atoms with Gasteiger partial charge in [0.25, 0.3) is 0 Å². The van der Waals surface area contributed by atoms with Crippen molar-refractivity contribution >= 4 is 5.91 Å². The molecule has 4 bridgehead atoms. The average molecular weight is 454 g/mol. The summed E-state index contributed by atoms with van der Waals surface area (Å²) in [7, 11) is 0. The normalized spacial score (nSPS) is 36.0. The van der Waals surface area contributed by atoms with Crippen molar-refractivity contribution in [2.24, 2.45) is 29.1 Å². The molecule has 5 fully saturated rings. The van der Waals surface area contributed by atoms with Crippen LogP contribution >= 0.6 is 0 Å². The van der Waals surface area contributed by atoms with E-state index in [1.807, 2.05) is 6.07 Å². The van der Waals surface area contributed by atoms with Gasteiger partial charge in [-0.1, -0.05) is 43.2 Å². The number of rotatable bonds is 10. The zero-order valence-corrected chi connectivity index (χ0v) is 20.2. The first-order valence-corrected chi connectivity index (χ1v) is 13.7. The number of nitrogens with one attached hydrogen (secondary N) is 1. The van der Waals surface area contributed by atoms with Crippen LogP contribution in [0.1, 0.15) is 89.0 Å². The molecule has 5 aliphatic rings. The lowest BCUT2D eigenvalue weighted by atomic mass is 9.48. The maximum absolute atomic E-state index is 12.5. The van der Waals surface area contributed by atoms with E-state index in [4.69, 9.17) is 4.74 Å². The molecule has 0 aliphatic heterocycles. The molecule has 4 nitrogen and oxygen atoms in total. The van der Waals surface area contributed by atoms with Crippen molar-refractivity contribution in [1.29, 1.82) is 0 Å². The van der Waals surface area contributed by atoms with Crippen molar-refractivity contribution in [2.75, 3.05) is 6.54 Å². The molecule has 3 atom stereocenters. The monoisotopic (exact) mass is 453 g/mol. The molecule has 0 saturated heterocycles. The number of carbonyl (C=O) groups is 1. The van der Waals surface area contributed by atoms with Crippen LogP contribution in [0.2, 0.25) is 0 Å². The van der Waals surface area contributed by atoms with Crippen LogP contribution in [-0.2, 0) is 16.1 Å². The van der Waals surface area contributed by atoms with E-state index in [9.17, 15) is 9.90 Å². The molecule has 33 heavy (non-hydrogen) atoms. The maximum atomic E-state index is 12.5. The first-order chi connectivity index (χ1) is 16.1. The molecule has 0 heterocycles. The smallest absolute Gasteiger partial charge is 0.248 e. The van der Waals surface area contributed by atoms with Crippen LogP contribution < -0.4 is 5.32 Å². The summed E-state index contributed by atoms with van der Waals surface area (Å²) >= 11 is 0. The van der Waals surface area contributed by atoms with E-state index in [1.165, 1.54) is 56.9 Å². The Morgan fingerprint density at radius 2 is 1.73 bits per heavy atom. The SMILES string of the molecule is O=C(NCCC1CCCC(OCc2ccccc2)C1)C(O)CCC12CC3CC(CC(C3)C1)C2. The summed E-state index contributed by atoms with van der Waals surface area (Å²) < 4.78 is 6.17. The summed E-state index contributed by atoms with van der Waals surface area (Å²) in [6, 6.07) is 10.4. The van der Waals surface area contributed by atoms with E-state index in [0.29, 0.717) is 37.0 Å². The minimum Gasteiger partial charge on any atom is -0.383 e. The average Bonchev–Trinajstić information content (AvgIpc) is 2.81. The van der Waals surface area contributed by atoms with Crippen LogP contribution in [-0.4, -0.2) is 29.8 Å². The summed E-state index contributed by atoms with van der Waals surface area (Å²) in [5.41, 5.74) is 1.67. The number of ether oxygens (including phenoxy) is 1. The highest BCUT2D eigenvalue weighted by molar-refractivity contribution is 5.80. The molecule has 2 N–H and O–H groups in total. The highest BCUT2D eigenvalue weighted by atomic mass is 16.5. The van der Waals surface area contributed by atoms with Crippen molar-refractivity contribution in [3.8, 4) is 0 Å². The van der Waals surface area contributed by atoms with Crippen LogP contribution in [0.4, 0.5) is 0 Å². The van der Waals surface area contributed by atoms with E-state index in [-0.39, 0.29) is 5.91 Å². The van der Waals surface area contributed by atoms with Gasteiger partial charge >= 0.3 is 0 Å². The molecule has 0 spiro atoms. The lowest BCUT2D eigenvalue weighted by Crippen LogP contribution is -2.46. The predicted octanol–water partition coefficient (Wildman–Crippen LogP) is 5.63. The van der Waals surface area contributed by atoms with Gasteiger partial charge in [-0.15, -0.1) is 0 Å². The molecular weight excluding hydrogens is 410 g/mol. The molecule has 5 saturated carbocycles. The van der Waals surface area contributed by atoms with E-state index >= 15 is 0 Å². The number of hydrogen-bond donors (Lipinski definition) is 2. The number of carbonyl (C=O) groups excluding carboxylic acids is 1. The third-order valence-electron chi connectivity index (χ3n) is 9.33. The maximum Gasteiger partial charge on any atom is 0.248 e. The van der Waals surface area contributed by atoms with E-state index in [1.54, 1.807) is 0 Å². The second kappa shape index (κ2) is 10.5. The quantitative estimate of drug-likeness (QED) is 0.483. The van der Waals surface area contributed by atoms with Gasteiger partial charge < -0.3 is 15.2 Å². The zero-order valence-electron chi connectivity index (χ0n) is 20.2. The van der Waals surface area contributed by atoms with Gasteiger partial charge in [-0.25, -0.2) is 0 Å². The molecule has 6 rings (SSSR count). The van der Waals surface area contributed by atoms with Gasteiger partial charge in [0.15, 0.2) is 0 Å². The Morgan fingerprint density at radius 3 is 2.42 bits per heavy atom. The number of hydrogen-bond acceptors (Lipinski definition) is 3. The number of aliphatic hydroxyl groups excluding tert-OH is 1. The molecule has 182 valence electrons. The fourth-order valence-corrected chi connectivity index (χ4v) is 8.13. The Morgan fingerprint density at radius 1 is 1.03 bits per heavy atom. The lowest BCUT2D eigenvalue weighted by molar-refractivity contribution is -0.130. The first-order valence-electron chi connectivity index (χ1n) is 13.7. The Hall–Kier alpha value is -1.39. The Balaban J connectivity index is 0.991. The topological polar surface area (TPSA) is 58.6 Å². The fraction of sp³-hybridized carbons (Fsp3) is 0.759. The first kappa shape index (κ1) is 23.4. The van der Waals surface area contributed by atoms with Crippen molar-refractivity contribution < 1.29 is 14.6 Å². The van der Waals surface area contributed by atoms with E-state index in [0.717, 1.165) is 43.4 Å². The standard InChI is InChI=1S/C29H43NO3/c31-27(9-11-29-17-23-13-24(18-29)15-25(14-23)19-29)28(32)30-12-10-21-7-4-8-26(16-21)33-20-22-5-2-1-3-6-22/h1-3,5-6,21,23-27,31H,4,7-20H2,(H,30,32). The van der Waals surface area contributed by atoms with Crippen molar-refractivity contribution in [1.82, 2.24) is 5.32 Å². The van der Waals surface area contributed by atoms with Gasteiger partial charge in [0.05, 0.1) is 12.7 Å². The zero-order chi connectivity index (χ0) is 22.7. The number of aliphatic hydroxyl groups is 1. The van der Waals surface area contributed by atoms with Gasteiger partial charge in [-0.2, -0.15) is 0 Å². The molecule has 3 unspecified atom stereocenters. The molecule has 4 heteroatoms. The van der Waals surface area contributed by atoms with Gasteiger partial charge in [0, 0.05) is 6.54 Å². The van der Waals surface area contributed by atoms with E-state index in [2.05, 4.69) is 29.6 Å². The summed E-state index contributed by atoms with van der Waals surface area (Å²) in [5, 5.41) is 13.6. The Labute approximate surface area is 199 Å². The summed E-state index contributed by atoms with van der Waals surface area (Å²) in [6.07, 6.45) is 15.2. The largest absolute Gasteiger partial charge is 0.383 e. The van der Waals surface area contributed by atoms with Crippen molar-refractivity contribution in [3.63, 3.8) is 0 Å². The number of benzene rings is 1. The van der Waals surface area contributed by atoms with Crippen molar-refractivity contribution in [2.45, 2.75) is 102 Å². The summed E-state index contributed by atoms with van der Waals surface area (Å²) in [5.74, 6) is 3.23. The van der Waals surface area contributed by atoms with Gasteiger partial charge in [-0.3, -0.25) is 4.79 Å². The highest BCUT2D eigenvalue weighted by Crippen LogP contribution is 2.61. The minimum atomic E-state index is -0.841. The number of amides is 1. The molecule has 1 aromatic carbocycles. The molecular formula is C29H43NO3. The predicted molar refractivity (Wildman–Crippen MR) is 130 cm³/mol. The van der Waals surface area contributed by atoms with Crippen LogP contribution in [0.5, 0.6) is 0 Å². The molecule has 1 amide bonds.